The Labute approximate surface area is 210 Å². The van der Waals surface area contributed by atoms with E-state index in [-0.39, 0.29) is 18.9 Å². The molecule has 0 saturated carbocycles. The van der Waals surface area contributed by atoms with E-state index in [2.05, 4.69) is 25.4 Å². The fourth-order valence-corrected chi connectivity index (χ4v) is 5.69. The first-order valence-electron chi connectivity index (χ1n) is 12.2. The van der Waals surface area contributed by atoms with E-state index < -0.39 is 41.7 Å². The van der Waals surface area contributed by atoms with E-state index >= 15 is 4.39 Å². The lowest BCUT2D eigenvalue weighted by Gasteiger charge is -2.50. The standard InChI is InChI=1S/C25H27F5N6O/c26-16-4-5-20(27)19(9-16)23-21(33-24(37)25(28,29)30)10-18(36-12-15-11-32-34-22(15)14-36)13-35(23)8-6-17-3-1-2-7-31-17/h1-5,7,11,18-19,21,23H,6,8-10,12-14H2,(H,32,34)(H,33,37)/t18?,19?,21?,23-/m1/s1. The van der Waals surface area contributed by atoms with Crippen molar-refractivity contribution >= 4 is 5.91 Å². The van der Waals surface area contributed by atoms with Crippen LogP contribution in [0.2, 0.25) is 0 Å². The molecule has 0 spiro atoms. The zero-order valence-electron chi connectivity index (χ0n) is 19.9. The molecule has 0 radical (unpaired) electrons. The number of hydrogen-bond donors (Lipinski definition) is 2. The summed E-state index contributed by atoms with van der Waals surface area (Å²) in [5, 5.41) is 9.11. The van der Waals surface area contributed by atoms with E-state index in [1.54, 1.807) is 18.5 Å². The van der Waals surface area contributed by atoms with E-state index in [4.69, 9.17) is 0 Å². The predicted molar refractivity (Wildman–Crippen MR) is 124 cm³/mol. The lowest BCUT2D eigenvalue weighted by atomic mass is 9.79. The number of carbonyl (C=O) groups excluding carboxylic acids is 1. The number of fused-ring (bicyclic) bond motifs is 1. The quantitative estimate of drug-likeness (QED) is 0.568. The molecule has 0 aromatic carbocycles. The number of nitrogens with zero attached hydrogens (tertiary/aromatic N) is 4. The number of aromatic amines is 1. The van der Waals surface area contributed by atoms with Gasteiger partial charge in [-0.3, -0.25) is 24.7 Å². The highest BCUT2D eigenvalue weighted by Gasteiger charge is 2.48. The number of rotatable bonds is 6. The second-order valence-electron chi connectivity index (χ2n) is 9.78. The largest absolute Gasteiger partial charge is 0.471 e. The van der Waals surface area contributed by atoms with Crippen LogP contribution in [0.3, 0.4) is 0 Å². The van der Waals surface area contributed by atoms with Crippen molar-refractivity contribution < 1.29 is 26.7 Å². The predicted octanol–water partition coefficient (Wildman–Crippen LogP) is 3.58. The summed E-state index contributed by atoms with van der Waals surface area (Å²) in [4.78, 5) is 20.4. The summed E-state index contributed by atoms with van der Waals surface area (Å²) < 4.78 is 69.3. The molecule has 1 aliphatic carbocycles. The SMILES string of the molecule is O=C(NC1CC(N2Cc3cn[nH]c3C2)CN(CCc2ccccn2)[C@@H]1C1CC(F)=CC=C1F)C(F)(F)F. The Morgan fingerprint density at radius 2 is 2.03 bits per heavy atom. The molecule has 7 nitrogen and oxygen atoms in total. The molecule has 2 aromatic rings. The zero-order chi connectivity index (χ0) is 26.2. The van der Waals surface area contributed by atoms with Crippen molar-refractivity contribution in [1.82, 2.24) is 30.3 Å². The highest BCUT2D eigenvalue weighted by Crippen LogP contribution is 2.38. The molecule has 12 heteroatoms. The first kappa shape index (κ1) is 25.5. The summed E-state index contributed by atoms with van der Waals surface area (Å²) in [6.45, 7) is 1.87. The number of halogens is 5. The Bertz CT molecular complexity index is 1160. The van der Waals surface area contributed by atoms with E-state index in [1.807, 2.05) is 17.0 Å². The number of likely N-dealkylation sites (tertiary alicyclic amines) is 1. The monoisotopic (exact) mass is 522 g/mol. The second kappa shape index (κ2) is 10.3. The van der Waals surface area contributed by atoms with Gasteiger partial charge in [0.05, 0.1) is 11.9 Å². The maximum absolute atomic E-state index is 15.1. The highest BCUT2D eigenvalue weighted by molar-refractivity contribution is 5.82. The molecule has 4 heterocycles. The molecule has 3 unspecified atom stereocenters. The third kappa shape index (κ3) is 5.59. The van der Waals surface area contributed by atoms with Gasteiger partial charge in [-0.05, 0) is 30.7 Å². The fourth-order valence-electron chi connectivity index (χ4n) is 5.69. The van der Waals surface area contributed by atoms with Gasteiger partial charge in [0.2, 0.25) is 0 Å². The van der Waals surface area contributed by atoms with Gasteiger partial charge in [0.25, 0.3) is 0 Å². The average molecular weight is 523 g/mol. The number of allylic oxidation sites excluding steroid dienone is 3. The number of hydrogen-bond acceptors (Lipinski definition) is 5. The Kier molecular flexibility index (Phi) is 7.13. The Morgan fingerprint density at radius 1 is 1.19 bits per heavy atom. The Morgan fingerprint density at radius 3 is 2.76 bits per heavy atom. The van der Waals surface area contributed by atoms with Gasteiger partial charge in [-0.2, -0.15) is 18.3 Å². The maximum Gasteiger partial charge on any atom is 0.471 e. The number of H-pyrrole nitrogens is 1. The molecule has 1 saturated heterocycles. The van der Waals surface area contributed by atoms with Gasteiger partial charge in [0.1, 0.15) is 11.7 Å². The highest BCUT2D eigenvalue weighted by atomic mass is 19.4. The molecule has 1 fully saturated rings. The molecule has 4 atom stereocenters. The molecule has 198 valence electrons. The van der Waals surface area contributed by atoms with Crippen LogP contribution in [0.25, 0.3) is 0 Å². The summed E-state index contributed by atoms with van der Waals surface area (Å²) in [5.41, 5.74) is 2.71. The van der Waals surface area contributed by atoms with Gasteiger partial charge < -0.3 is 5.32 Å². The molecule has 2 N–H and O–H groups in total. The zero-order valence-corrected chi connectivity index (χ0v) is 19.9. The molecule has 1 amide bonds. The molecular weight excluding hydrogens is 495 g/mol. The smallest absolute Gasteiger partial charge is 0.344 e. The van der Waals surface area contributed by atoms with E-state index in [9.17, 15) is 22.4 Å². The number of carbonyl (C=O) groups is 1. The summed E-state index contributed by atoms with van der Waals surface area (Å²) >= 11 is 0. The summed E-state index contributed by atoms with van der Waals surface area (Å²) in [6.07, 6.45) is 0.673. The van der Waals surface area contributed by atoms with Gasteiger partial charge in [-0.1, -0.05) is 6.07 Å². The van der Waals surface area contributed by atoms with Crippen LogP contribution in [0.4, 0.5) is 22.0 Å². The third-order valence-corrected chi connectivity index (χ3v) is 7.42. The molecular formula is C25H27F5N6O. The van der Waals surface area contributed by atoms with Crippen LogP contribution >= 0.6 is 0 Å². The van der Waals surface area contributed by atoms with Crippen molar-refractivity contribution in [2.24, 2.45) is 5.92 Å². The Hall–Kier alpha value is -3.12. The third-order valence-electron chi connectivity index (χ3n) is 7.42. The van der Waals surface area contributed by atoms with Crippen molar-refractivity contribution in [3.63, 3.8) is 0 Å². The number of aromatic nitrogens is 3. The van der Waals surface area contributed by atoms with Gasteiger partial charge in [0, 0.05) is 80.5 Å². The van der Waals surface area contributed by atoms with Crippen LogP contribution in [-0.4, -0.2) is 68.3 Å². The lowest BCUT2D eigenvalue weighted by Crippen LogP contribution is -2.65. The van der Waals surface area contributed by atoms with Crippen molar-refractivity contribution in [1.29, 1.82) is 0 Å². The maximum atomic E-state index is 15.1. The summed E-state index contributed by atoms with van der Waals surface area (Å²) in [6, 6.07) is 3.30. The number of piperidine rings is 1. The van der Waals surface area contributed by atoms with Crippen molar-refractivity contribution in [2.45, 2.75) is 56.7 Å². The molecule has 37 heavy (non-hydrogen) atoms. The summed E-state index contributed by atoms with van der Waals surface area (Å²) in [7, 11) is 0. The van der Waals surface area contributed by atoms with Crippen LogP contribution in [0.5, 0.6) is 0 Å². The molecule has 2 aromatic heterocycles. The number of amides is 1. The van der Waals surface area contributed by atoms with E-state index in [0.717, 1.165) is 29.1 Å². The Balaban J connectivity index is 1.45. The van der Waals surface area contributed by atoms with Crippen LogP contribution in [0, 0.1) is 5.92 Å². The van der Waals surface area contributed by atoms with Crippen molar-refractivity contribution in [3.8, 4) is 0 Å². The van der Waals surface area contributed by atoms with Gasteiger partial charge >= 0.3 is 12.1 Å². The van der Waals surface area contributed by atoms with E-state index in [0.29, 0.717) is 32.6 Å². The van der Waals surface area contributed by atoms with Crippen LogP contribution in [0.1, 0.15) is 29.8 Å². The molecule has 0 bridgehead atoms. The first-order chi connectivity index (χ1) is 17.7. The minimum absolute atomic E-state index is 0.166. The topological polar surface area (TPSA) is 77.2 Å². The van der Waals surface area contributed by atoms with Gasteiger partial charge in [0.15, 0.2) is 0 Å². The van der Waals surface area contributed by atoms with Crippen LogP contribution in [-0.2, 0) is 24.3 Å². The van der Waals surface area contributed by atoms with Crippen LogP contribution < -0.4 is 5.32 Å². The molecule has 5 rings (SSSR count). The lowest BCUT2D eigenvalue weighted by molar-refractivity contribution is -0.175. The minimum Gasteiger partial charge on any atom is -0.344 e. The first-order valence-corrected chi connectivity index (χ1v) is 12.2. The summed E-state index contributed by atoms with van der Waals surface area (Å²) in [5.74, 6) is -4.27. The number of alkyl halides is 3. The second-order valence-corrected chi connectivity index (χ2v) is 9.78. The normalized spacial score (nSPS) is 26.9. The van der Waals surface area contributed by atoms with Crippen LogP contribution in [0.15, 0.2) is 54.4 Å². The van der Waals surface area contributed by atoms with Gasteiger partial charge in [-0.15, -0.1) is 0 Å². The minimum atomic E-state index is -5.10. The molecule has 2 aliphatic heterocycles. The molecule has 3 aliphatic rings. The van der Waals surface area contributed by atoms with Crippen molar-refractivity contribution in [3.05, 3.63) is 71.3 Å². The number of nitrogens with one attached hydrogen (secondary N) is 2. The van der Waals surface area contributed by atoms with Gasteiger partial charge in [-0.25, -0.2) is 8.78 Å². The van der Waals surface area contributed by atoms with E-state index in [1.165, 1.54) is 0 Å². The average Bonchev–Trinajstić information content (AvgIpc) is 3.47. The van der Waals surface area contributed by atoms with Crippen molar-refractivity contribution in [2.75, 3.05) is 13.1 Å². The fraction of sp³-hybridized carbons (Fsp3) is 0.480. The number of pyridine rings is 1.